The van der Waals surface area contributed by atoms with Crippen LogP contribution in [0.25, 0.3) is 0 Å². The summed E-state index contributed by atoms with van der Waals surface area (Å²) in [7, 11) is -3.75. The van der Waals surface area contributed by atoms with E-state index in [1.165, 1.54) is 0 Å². The minimum Gasteiger partial charge on any atom is -0.353 e. The average Bonchev–Trinajstić information content (AvgIpc) is 2.77. The van der Waals surface area contributed by atoms with E-state index in [1.54, 1.807) is 43.0 Å². The summed E-state index contributed by atoms with van der Waals surface area (Å²) in [5.41, 5.74) is 3.29. The smallest absolute Gasteiger partial charge is 0.262 e. The molecule has 2 amide bonds. The topological polar surface area (TPSA) is 95.6 Å². The zero-order valence-corrected chi connectivity index (χ0v) is 21.5. The lowest BCUT2D eigenvalue weighted by atomic mass is 9.95. The maximum Gasteiger partial charge on any atom is 0.262 e. The van der Waals surface area contributed by atoms with Gasteiger partial charge in [-0.15, -0.1) is 0 Å². The highest BCUT2D eigenvalue weighted by Crippen LogP contribution is 2.25. The van der Waals surface area contributed by atoms with Crippen molar-refractivity contribution in [2.45, 2.75) is 64.8 Å². The first-order chi connectivity index (χ1) is 16.0. The molecule has 0 aliphatic carbocycles. The summed E-state index contributed by atoms with van der Waals surface area (Å²) in [5.74, 6) is -0.110. The molecule has 1 unspecified atom stereocenters. The number of aryl methyl sites for hydroxylation is 3. The number of carbonyl (C=O) groups is 2. The highest BCUT2D eigenvalue weighted by Gasteiger charge is 2.28. The van der Waals surface area contributed by atoms with Crippen LogP contribution < -0.4 is 10.0 Å². The highest BCUT2D eigenvalue weighted by molar-refractivity contribution is 7.92. The fraction of sp³-hybridized carbons (Fsp3) is 0.462. The largest absolute Gasteiger partial charge is 0.353 e. The predicted octanol–water partition coefficient (Wildman–Crippen LogP) is 4.18. The number of amides is 2. The SMILES string of the molecule is CCC(C)NC(=O)C1CCN(C(=O)c2ccc(NS(=O)(=O)c3c(C)cc(C)cc3C)cc2)CC1. The number of nitrogens with zero attached hydrogens (tertiary/aromatic N) is 1. The van der Waals surface area contributed by atoms with E-state index in [-0.39, 0.29) is 28.7 Å². The van der Waals surface area contributed by atoms with Crippen LogP contribution in [0.5, 0.6) is 0 Å². The molecule has 1 aliphatic rings. The fourth-order valence-electron chi connectivity index (χ4n) is 4.47. The predicted molar refractivity (Wildman–Crippen MR) is 134 cm³/mol. The van der Waals surface area contributed by atoms with Crippen molar-refractivity contribution in [2.75, 3.05) is 17.8 Å². The van der Waals surface area contributed by atoms with Gasteiger partial charge < -0.3 is 10.2 Å². The summed E-state index contributed by atoms with van der Waals surface area (Å²) in [4.78, 5) is 27.3. The van der Waals surface area contributed by atoms with Crippen LogP contribution in [0.1, 0.15) is 60.2 Å². The van der Waals surface area contributed by atoms with E-state index >= 15 is 0 Å². The molecule has 1 atom stereocenters. The number of likely N-dealkylation sites (tertiary alicyclic amines) is 1. The van der Waals surface area contributed by atoms with Gasteiger partial charge in [0.25, 0.3) is 15.9 Å². The van der Waals surface area contributed by atoms with Gasteiger partial charge in [-0.25, -0.2) is 8.42 Å². The number of sulfonamides is 1. The van der Waals surface area contributed by atoms with Crippen LogP contribution in [-0.4, -0.2) is 44.3 Å². The number of hydrogen-bond donors (Lipinski definition) is 2. The van der Waals surface area contributed by atoms with E-state index in [2.05, 4.69) is 10.0 Å². The average molecular weight is 486 g/mol. The van der Waals surface area contributed by atoms with Gasteiger partial charge in [0.1, 0.15) is 0 Å². The summed E-state index contributed by atoms with van der Waals surface area (Å²) in [5, 5.41) is 3.02. The van der Waals surface area contributed by atoms with Crippen LogP contribution in [-0.2, 0) is 14.8 Å². The Hall–Kier alpha value is -2.87. The highest BCUT2D eigenvalue weighted by atomic mass is 32.2. The van der Waals surface area contributed by atoms with Crippen molar-refractivity contribution < 1.29 is 18.0 Å². The van der Waals surface area contributed by atoms with Crippen molar-refractivity contribution in [1.29, 1.82) is 0 Å². The Morgan fingerprint density at radius 2 is 1.59 bits per heavy atom. The van der Waals surface area contributed by atoms with Crippen LogP contribution >= 0.6 is 0 Å². The standard InChI is InChI=1S/C26H35N3O4S/c1-6-20(5)27-25(30)21-11-13-29(14-12-21)26(31)22-7-9-23(10-8-22)28-34(32,33)24-18(3)15-17(2)16-19(24)4/h7-10,15-16,20-21,28H,6,11-14H2,1-5H3,(H,27,30). The van der Waals surface area contributed by atoms with Gasteiger partial charge in [0, 0.05) is 36.3 Å². The zero-order valence-electron chi connectivity index (χ0n) is 20.6. The third-order valence-electron chi connectivity index (χ3n) is 6.41. The van der Waals surface area contributed by atoms with Gasteiger partial charge in [-0.2, -0.15) is 0 Å². The van der Waals surface area contributed by atoms with Crippen molar-refractivity contribution in [3.8, 4) is 0 Å². The molecule has 1 fully saturated rings. The lowest BCUT2D eigenvalue weighted by Crippen LogP contribution is -2.44. The molecule has 1 heterocycles. The Morgan fingerprint density at radius 3 is 2.12 bits per heavy atom. The number of benzene rings is 2. The van der Waals surface area contributed by atoms with Gasteiger partial charge in [0.05, 0.1) is 4.90 Å². The maximum atomic E-state index is 13.0. The third-order valence-corrected chi connectivity index (χ3v) is 8.10. The molecular formula is C26H35N3O4S. The molecule has 2 aromatic carbocycles. The molecule has 0 bridgehead atoms. The van der Waals surface area contributed by atoms with Gasteiger partial charge in [-0.1, -0.05) is 24.6 Å². The van der Waals surface area contributed by atoms with E-state index in [1.807, 2.05) is 32.9 Å². The van der Waals surface area contributed by atoms with Crippen LogP contribution in [0.4, 0.5) is 5.69 Å². The fourth-order valence-corrected chi connectivity index (χ4v) is 5.98. The van der Waals surface area contributed by atoms with E-state index in [0.29, 0.717) is 48.3 Å². The number of carbonyl (C=O) groups excluding carboxylic acids is 2. The normalized spacial score (nSPS) is 15.6. The Labute approximate surface area is 203 Å². The van der Waals surface area contributed by atoms with E-state index < -0.39 is 10.0 Å². The van der Waals surface area contributed by atoms with Crippen molar-refractivity contribution in [2.24, 2.45) is 5.92 Å². The first-order valence-electron chi connectivity index (χ1n) is 11.8. The quantitative estimate of drug-likeness (QED) is 0.615. The number of nitrogens with one attached hydrogen (secondary N) is 2. The van der Waals surface area contributed by atoms with Crippen LogP contribution in [0.15, 0.2) is 41.3 Å². The summed E-state index contributed by atoms with van der Waals surface area (Å²) in [6.07, 6.45) is 2.17. The molecular weight excluding hydrogens is 450 g/mol. The second-order valence-electron chi connectivity index (χ2n) is 9.30. The zero-order chi connectivity index (χ0) is 25.0. The molecule has 1 aliphatic heterocycles. The van der Waals surface area contributed by atoms with Crippen LogP contribution in [0, 0.1) is 26.7 Å². The molecule has 8 heteroatoms. The van der Waals surface area contributed by atoms with Gasteiger partial charge in [0.2, 0.25) is 5.91 Å². The van der Waals surface area contributed by atoms with Gasteiger partial charge >= 0.3 is 0 Å². The second kappa shape index (κ2) is 10.6. The number of hydrogen-bond acceptors (Lipinski definition) is 4. The Bertz CT molecular complexity index is 1130. The summed E-state index contributed by atoms with van der Waals surface area (Å²) >= 11 is 0. The molecule has 2 N–H and O–H groups in total. The monoisotopic (exact) mass is 485 g/mol. The molecule has 0 spiro atoms. The van der Waals surface area contributed by atoms with Crippen molar-refractivity contribution in [1.82, 2.24) is 10.2 Å². The Morgan fingerprint density at radius 1 is 1.03 bits per heavy atom. The molecule has 34 heavy (non-hydrogen) atoms. The van der Waals surface area contributed by atoms with Crippen molar-refractivity contribution in [3.63, 3.8) is 0 Å². The molecule has 0 aromatic heterocycles. The van der Waals surface area contributed by atoms with Crippen LogP contribution in [0.2, 0.25) is 0 Å². The number of anilines is 1. The van der Waals surface area contributed by atoms with Gasteiger partial charge in [0.15, 0.2) is 0 Å². The summed E-state index contributed by atoms with van der Waals surface area (Å²) in [6.45, 7) is 10.6. The molecule has 184 valence electrons. The lowest BCUT2D eigenvalue weighted by molar-refractivity contribution is -0.126. The minimum atomic E-state index is -3.75. The Balaban J connectivity index is 1.63. The van der Waals surface area contributed by atoms with E-state index in [4.69, 9.17) is 0 Å². The molecule has 2 aromatic rings. The lowest BCUT2D eigenvalue weighted by Gasteiger charge is -2.32. The molecule has 7 nitrogen and oxygen atoms in total. The number of rotatable bonds is 7. The molecule has 0 radical (unpaired) electrons. The number of piperidine rings is 1. The maximum absolute atomic E-state index is 13.0. The van der Waals surface area contributed by atoms with E-state index in [0.717, 1.165) is 12.0 Å². The van der Waals surface area contributed by atoms with Crippen LogP contribution in [0.3, 0.4) is 0 Å². The first kappa shape index (κ1) is 25.7. The van der Waals surface area contributed by atoms with Gasteiger partial charge in [-0.3, -0.25) is 14.3 Å². The minimum absolute atomic E-state index is 0.0662. The van der Waals surface area contributed by atoms with Gasteiger partial charge in [-0.05, 0) is 82.3 Å². The Kier molecular flexibility index (Phi) is 8.02. The van der Waals surface area contributed by atoms with Crippen molar-refractivity contribution >= 4 is 27.5 Å². The summed E-state index contributed by atoms with van der Waals surface area (Å²) in [6, 6.07) is 10.3. The first-order valence-corrected chi connectivity index (χ1v) is 13.3. The molecule has 1 saturated heterocycles. The third kappa shape index (κ3) is 5.97. The second-order valence-corrected chi connectivity index (χ2v) is 10.9. The molecule has 3 rings (SSSR count). The van der Waals surface area contributed by atoms with E-state index in [9.17, 15) is 18.0 Å². The van der Waals surface area contributed by atoms with Crippen molar-refractivity contribution in [3.05, 3.63) is 58.7 Å². The summed E-state index contributed by atoms with van der Waals surface area (Å²) < 4.78 is 28.6. The molecule has 0 saturated carbocycles.